The first kappa shape index (κ1) is 16.0. The zero-order valence-corrected chi connectivity index (χ0v) is 14.4. The standard InChI is InChI=1S/C18H21N5O/c1-5-23-14(4)17(13(3)21-23)20-18(24)16-10-22(11-19-16)15-8-6-12(2)7-9-15/h6-11H,5H2,1-4H3,(H,20,24). The van der Waals surface area contributed by atoms with Crippen molar-refractivity contribution in [1.82, 2.24) is 19.3 Å². The molecule has 1 N–H and O–H groups in total. The lowest BCUT2D eigenvalue weighted by atomic mass is 10.2. The highest BCUT2D eigenvalue weighted by molar-refractivity contribution is 6.03. The van der Waals surface area contributed by atoms with E-state index in [2.05, 4.69) is 15.4 Å². The van der Waals surface area contributed by atoms with Crippen LogP contribution in [0, 0.1) is 20.8 Å². The Morgan fingerprint density at radius 2 is 1.88 bits per heavy atom. The van der Waals surface area contributed by atoms with E-state index in [0.29, 0.717) is 5.69 Å². The van der Waals surface area contributed by atoms with Crippen molar-refractivity contribution in [2.45, 2.75) is 34.2 Å². The summed E-state index contributed by atoms with van der Waals surface area (Å²) in [5.41, 5.74) is 5.04. The maximum Gasteiger partial charge on any atom is 0.275 e. The number of benzene rings is 1. The molecule has 2 aromatic heterocycles. The first-order chi connectivity index (χ1) is 11.5. The number of aromatic nitrogens is 4. The number of aryl methyl sites for hydroxylation is 3. The Labute approximate surface area is 141 Å². The Bertz CT molecular complexity index is 873. The van der Waals surface area contributed by atoms with E-state index < -0.39 is 0 Å². The molecule has 2 heterocycles. The molecule has 0 radical (unpaired) electrons. The molecular weight excluding hydrogens is 302 g/mol. The van der Waals surface area contributed by atoms with Crippen molar-refractivity contribution in [3.05, 3.63) is 59.4 Å². The third-order valence-electron chi connectivity index (χ3n) is 4.07. The van der Waals surface area contributed by atoms with E-state index in [0.717, 1.165) is 29.3 Å². The van der Waals surface area contributed by atoms with E-state index in [9.17, 15) is 4.79 Å². The molecule has 3 aromatic rings. The van der Waals surface area contributed by atoms with Gasteiger partial charge in [-0.25, -0.2) is 4.98 Å². The van der Waals surface area contributed by atoms with Gasteiger partial charge in [-0.1, -0.05) is 17.7 Å². The molecule has 6 nitrogen and oxygen atoms in total. The predicted molar refractivity (Wildman–Crippen MR) is 93.6 cm³/mol. The largest absolute Gasteiger partial charge is 0.317 e. The number of nitrogens with zero attached hydrogens (tertiary/aromatic N) is 4. The number of hydrogen-bond donors (Lipinski definition) is 1. The fraction of sp³-hybridized carbons (Fsp3) is 0.278. The quantitative estimate of drug-likeness (QED) is 0.801. The van der Waals surface area contributed by atoms with E-state index in [1.54, 1.807) is 12.5 Å². The van der Waals surface area contributed by atoms with E-state index in [1.807, 2.05) is 61.2 Å². The van der Waals surface area contributed by atoms with Gasteiger partial charge in [0.25, 0.3) is 5.91 Å². The van der Waals surface area contributed by atoms with Crippen LogP contribution >= 0.6 is 0 Å². The maximum atomic E-state index is 12.5. The average molecular weight is 323 g/mol. The molecule has 124 valence electrons. The molecule has 0 aliphatic heterocycles. The molecule has 24 heavy (non-hydrogen) atoms. The number of hydrogen-bond acceptors (Lipinski definition) is 3. The van der Waals surface area contributed by atoms with Gasteiger partial charge in [-0.15, -0.1) is 0 Å². The van der Waals surface area contributed by atoms with Gasteiger partial charge in [0.15, 0.2) is 0 Å². The molecule has 1 amide bonds. The van der Waals surface area contributed by atoms with Crippen LogP contribution in [-0.2, 0) is 6.54 Å². The Kier molecular flexibility index (Phi) is 4.20. The minimum absolute atomic E-state index is 0.234. The zero-order valence-electron chi connectivity index (χ0n) is 14.4. The maximum absolute atomic E-state index is 12.5. The van der Waals surface area contributed by atoms with Gasteiger partial charge in [0.05, 0.1) is 17.1 Å². The van der Waals surface area contributed by atoms with Gasteiger partial charge >= 0.3 is 0 Å². The Morgan fingerprint density at radius 1 is 1.17 bits per heavy atom. The highest BCUT2D eigenvalue weighted by Crippen LogP contribution is 2.20. The Hall–Kier alpha value is -2.89. The lowest BCUT2D eigenvalue weighted by Gasteiger charge is -2.04. The van der Waals surface area contributed by atoms with E-state index in [4.69, 9.17) is 0 Å². The third kappa shape index (κ3) is 2.95. The van der Waals surface area contributed by atoms with Gasteiger partial charge in [0, 0.05) is 18.4 Å². The summed E-state index contributed by atoms with van der Waals surface area (Å²) in [5, 5.41) is 7.34. The molecule has 6 heteroatoms. The number of anilines is 1. The number of amides is 1. The molecule has 0 spiro atoms. The van der Waals surface area contributed by atoms with Crippen LogP contribution in [0.3, 0.4) is 0 Å². The summed E-state index contributed by atoms with van der Waals surface area (Å²) in [4.78, 5) is 16.7. The normalized spacial score (nSPS) is 10.8. The summed E-state index contributed by atoms with van der Waals surface area (Å²) in [5.74, 6) is -0.234. The second-order valence-electron chi connectivity index (χ2n) is 5.82. The van der Waals surface area contributed by atoms with E-state index in [1.165, 1.54) is 5.56 Å². The number of carbonyl (C=O) groups excluding carboxylic acids is 1. The monoisotopic (exact) mass is 323 g/mol. The summed E-state index contributed by atoms with van der Waals surface area (Å²) in [6, 6.07) is 8.05. The predicted octanol–water partition coefficient (Wildman–Crippen LogP) is 3.27. The number of imidazole rings is 1. The van der Waals surface area contributed by atoms with Crippen molar-refractivity contribution in [3.8, 4) is 5.69 Å². The van der Waals surface area contributed by atoms with Crippen molar-refractivity contribution in [1.29, 1.82) is 0 Å². The van der Waals surface area contributed by atoms with Crippen LogP contribution in [0.15, 0.2) is 36.8 Å². The van der Waals surface area contributed by atoms with Crippen molar-refractivity contribution < 1.29 is 4.79 Å². The fourth-order valence-electron chi connectivity index (χ4n) is 2.66. The lowest BCUT2D eigenvalue weighted by molar-refractivity contribution is 0.102. The number of rotatable bonds is 4. The lowest BCUT2D eigenvalue weighted by Crippen LogP contribution is -2.13. The van der Waals surface area contributed by atoms with Crippen LogP contribution in [0.2, 0.25) is 0 Å². The van der Waals surface area contributed by atoms with Crippen molar-refractivity contribution in [2.24, 2.45) is 0 Å². The van der Waals surface area contributed by atoms with E-state index >= 15 is 0 Å². The molecular formula is C18H21N5O. The summed E-state index contributed by atoms with van der Waals surface area (Å²) in [6.45, 7) is 8.67. The summed E-state index contributed by atoms with van der Waals surface area (Å²) in [7, 11) is 0. The number of nitrogens with one attached hydrogen (secondary N) is 1. The van der Waals surface area contributed by atoms with Crippen LogP contribution in [0.25, 0.3) is 5.69 Å². The minimum Gasteiger partial charge on any atom is -0.317 e. The summed E-state index contributed by atoms with van der Waals surface area (Å²) in [6.07, 6.45) is 3.38. The first-order valence-corrected chi connectivity index (χ1v) is 7.96. The molecule has 0 unspecified atom stereocenters. The summed E-state index contributed by atoms with van der Waals surface area (Å²) >= 11 is 0. The average Bonchev–Trinajstić information content (AvgIpc) is 3.16. The topological polar surface area (TPSA) is 64.7 Å². The molecule has 0 aliphatic carbocycles. The third-order valence-corrected chi connectivity index (χ3v) is 4.07. The van der Waals surface area contributed by atoms with Crippen LogP contribution in [0.4, 0.5) is 5.69 Å². The second-order valence-corrected chi connectivity index (χ2v) is 5.82. The van der Waals surface area contributed by atoms with Crippen molar-refractivity contribution in [2.75, 3.05) is 5.32 Å². The highest BCUT2D eigenvalue weighted by atomic mass is 16.1. The molecule has 0 saturated carbocycles. The second kappa shape index (κ2) is 6.31. The summed E-state index contributed by atoms with van der Waals surface area (Å²) < 4.78 is 3.71. The first-order valence-electron chi connectivity index (χ1n) is 7.96. The number of carbonyl (C=O) groups is 1. The van der Waals surface area contributed by atoms with Gasteiger partial charge in [-0.05, 0) is 39.8 Å². The SMILES string of the molecule is CCn1nc(C)c(NC(=O)c2cn(-c3ccc(C)cc3)cn2)c1C. The van der Waals surface area contributed by atoms with Crippen molar-refractivity contribution >= 4 is 11.6 Å². The molecule has 3 rings (SSSR count). The zero-order chi connectivity index (χ0) is 17.3. The van der Waals surface area contributed by atoms with Gasteiger partial charge < -0.3 is 9.88 Å². The van der Waals surface area contributed by atoms with Crippen LogP contribution in [-0.4, -0.2) is 25.2 Å². The van der Waals surface area contributed by atoms with Gasteiger partial charge in [-0.3, -0.25) is 9.48 Å². The smallest absolute Gasteiger partial charge is 0.275 e. The Balaban J connectivity index is 1.82. The molecule has 0 fully saturated rings. The molecule has 1 aromatic carbocycles. The van der Waals surface area contributed by atoms with Gasteiger partial charge in [0.1, 0.15) is 12.0 Å². The van der Waals surface area contributed by atoms with E-state index in [-0.39, 0.29) is 5.91 Å². The Morgan fingerprint density at radius 3 is 2.50 bits per heavy atom. The molecule has 0 aliphatic rings. The minimum atomic E-state index is -0.234. The van der Waals surface area contributed by atoms with Gasteiger partial charge in [-0.2, -0.15) is 5.10 Å². The van der Waals surface area contributed by atoms with Crippen LogP contribution in [0.1, 0.15) is 34.4 Å². The molecule has 0 atom stereocenters. The molecule has 0 saturated heterocycles. The van der Waals surface area contributed by atoms with Gasteiger partial charge in [0.2, 0.25) is 0 Å². The van der Waals surface area contributed by atoms with Crippen LogP contribution < -0.4 is 5.32 Å². The van der Waals surface area contributed by atoms with Crippen molar-refractivity contribution in [3.63, 3.8) is 0 Å². The molecule has 0 bridgehead atoms. The fourth-order valence-corrected chi connectivity index (χ4v) is 2.66. The highest BCUT2D eigenvalue weighted by Gasteiger charge is 2.16. The van der Waals surface area contributed by atoms with Crippen LogP contribution in [0.5, 0.6) is 0 Å².